The van der Waals surface area contributed by atoms with E-state index in [9.17, 15) is 14.7 Å². The first-order chi connectivity index (χ1) is 8.99. The van der Waals surface area contributed by atoms with E-state index in [1.165, 1.54) is 9.80 Å². The van der Waals surface area contributed by atoms with Crippen LogP contribution in [-0.4, -0.2) is 66.3 Å². The quantitative estimate of drug-likeness (QED) is 0.765. The zero-order valence-corrected chi connectivity index (χ0v) is 12.0. The van der Waals surface area contributed by atoms with Crippen LogP contribution in [0.4, 0.5) is 4.79 Å². The molecule has 2 unspecified atom stereocenters. The summed E-state index contributed by atoms with van der Waals surface area (Å²) < 4.78 is 5.21. The molecule has 0 aromatic heterocycles. The summed E-state index contributed by atoms with van der Waals surface area (Å²) in [4.78, 5) is 26.6. The Hall–Kier alpha value is -1.30. The Morgan fingerprint density at radius 3 is 2.74 bits per heavy atom. The molecule has 0 bridgehead atoms. The van der Waals surface area contributed by atoms with E-state index in [0.717, 1.165) is 12.8 Å². The lowest BCUT2D eigenvalue weighted by Crippen LogP contribution is -2.55. The fraction of sp³-hybridized carbons (Fsp3) is 0.846. The Kier molecular flexibility index (Phi) is 6.08. The van der Waals surface area contributed by atoms with E-state index < -0.39 is 12.0 Å². The lowest BCUT2D eigenvalue weighted by molar-refractivity contribution is -0.145. The van der Waals surface area contributed by atoms with E-state index in [1.54, 1.807) is 7.05 Å². The van der Waals surface area contributed by atoms with Gasteiger partial charge in [0.05, 0.1) is 6.61 Å². The number of amides is 2. The summed E-state index contributed by atoms with van der Waals surface area (Å²) in [7, 11) is 1.68. The molecule has 110 valence electrons. The standard InChI is InChI=1S/C13H24N2O4/c1-4-19-9-8-14(3)13(18)15-7-5-6-10(2)11(15)12(16)17/h10-11H,4-9H2,1-3H3,(H,16,17). The van der Waals surface area contributed by atoms with Crippen molar-refractivity contribution >= 4 is 12.0 Å². The topological polar surface area (TPSA) is 70.1 Å². The molecule has 2 amide bonds. The fourth-order valence-electron chi connectivity index (χ4n) is 2.44. The summed E-state index contributed by atoms with van der Waals surface area (Å²) in [5.41, 5.74) is 0. The highest BCUT2D eigenvalue weighted by Gasteiger charge is 2.37. The molecule has 0 saturated carbocycles. The van der Waals surface area contributed by atoms with Crippen LogP contribution in [0.25, 0.3) is 0 Å². The lowest BCUT2D eigenvalue weighted by atomic mass is 9.91. The van der Waals surface area contributed by atoms with Crippen molar-refractivity contribution in [1.82, 2.24) is 9.80 Å². The molecule has 1 saturated heterocycles. The number of carboxylic acids is 1. The molecule has 0 aromatic rings. The third-order valence-electron chi connectivity index (χ3n) is 3.53. The van der Waals surface area contributed by atoms with Crippen molar-refractivity contribution in [2.24, 2.45) is 5.92 Å². The number of hydrogen-bond acceptors (Lipinski definition) is 3. The van der Waals surface area contributed by atoms with E-state index in [2.05, 4.69) is 0 Å². The largest absolute Gasteiger partial charge is 0.480 e. The molecule has 0 radical (unpaired) electrons. The van der Waals surface area contributed by atoms with Crippen molar-refractivity contribution in [1.29, 1.82) is 0 Å². The normalized spacial score (nSPS) is 23.2. The molecule has 1 N–H and O–H groups in total. The summed E-state index contributed by atoms with van der Waals surface area (Å²) in [6.07, 6.45) is 1.71. The first-order valence-corrected chi connectivity index (χ1v) is 6.81. The van der Waals surface area contributed by atoms with Gasteiger partial charge in [-0.25, -0.2) is 9.59 Å². The van der Waals surface area contributed by atoms with Crippen LogP contribution in [0.1, 0.15) is 26.7 Å². The Morgan fingerprint density at radius 2 is 2.16 bits per heavy atom. The van der Waals surface area contributed by atoms with Crippen LogP contribution in [0.15, 0.2) is 0 Å². The number of aliphatic carboxylic acids is 1. The number of carboxylic acid groups (broad SMARTS) is 1. The minimum absolute atomic E-state index is 0.00417. The molecule has 1 rings (SSSR count). The van der Waals surface area contributed by atoms with Crippen molar-refractivity contribution in [3.63, 3.8) is 0 Å². The Morgan fingerprint density at radius 1 is 1.47 bits per heavy atom. The number of carbonyl (C=O) groups excluding carboxylic acids is 1. The van der Waals surface area contributed by atoms with Gasteiger partial charge in [0.2, 0.25) is 0 Å². The van der Waals surface area contributed by atoms with Crippen LogP contribution in [0.3, 0.4) is 0 Å². The van der Waals surface area contributed by atoms with Crippen LogP contribution in [0, 0.1) is 5.92 Å². The highest BCUT2D eigenvalue weighted by Crippen LogP contribution is 2.24. The van der Waals surface area contributed by atoms with Gasteiger partial charge >= 0.3 is 12.0 Å². The molecule has 1 aliphatic heterocycles. The second-order valence-electron chi connectivity index (χ2n) is 5.00. The van der Waals surface area contributed by atoms with E-state index in [1.807, 2.05) is 13.8 Å². The van der Waals surface area contributed by atoms with Crippen molar-refractivity contribution < 1.29 is 19.4 Å². The number of nitrogens with zero attached hydrogens (tertiary/aromatic N) is 2. The summed E-state index contributed by atoms with van der Waals surface area (Å²) >= 11 is 0. The number of urea groups is 1. The minimum Gasteiger partial charge on any atom is -0.480 e. The summed E-state index contributed by atoms with van der Waals surface area (Å²) in [6.45, 7) is 5.86. The highest BCUT2D eigenvalue weighted by molar-refractivity contribution is 5.83. The number of ether oxygens (including phenoxy) is 1. The van der Waals surface area contributed by atoms with E-state index >= 15 is 0 Å². The van der Waals surface area contributed by atoms with Gasteiger partial charge in [0.1, 0.15) is 6.04 Å². The van der Waals surface area contributed by atoms with Gasteiger partial charge < -0.3 is 19.6 Å². The second-order valence-corrected chi connectivity index (χ2v) is 5.00. The first kappa shape index (κ1) is 15.8. The molecule has 0 aromatic carbocycles. The molecule has 0 aliphatic carbocycles. The van der Waals surface area contributed by atoms with Gasteiger partial charge in [-0.1, -0.05) is 6.92 Å². The van der Waals surface area contributed by atoms with Crippen molar-refractivity contribution in [2.45, 2.75) is 32.7 Å². The average Bonchev–Trinajstić information content (AvgIpc) is 2.37. The van der Waals surface area contributed by atoms with Crippen molar-refractivity contribution in [3.05, 3.63) is 0 Å². The highest BCUT2D eigenvalue weighted by atomic mass is 16.5. The summed E-state index contributed by atoms with van der Waals surface area (Å²) in [6, 6.07) is -0.936. The van der Waals surface area contributed by atoms with Gasteiger partial charge in [-0.05, 0) is 25.7 Å². The van der Waals surface area contributed by atoms with E-state index in [-0.39, 0.29) is 11.9 Å². The van der Waals surface area contributed by atoms with Crippen LogP contribution < -0.4 is 0 Å². The third-order valence-corrected chi connectivity index (χ3v) is 3.53. The average molecular weight is 272 g/mol. The molecular weight excluding hydrogens is 248 g/mol. The Bertz CT molecular complexity index is 322. The monoisotopic (exact) mass is 272 g/mol. The molecule has 0 spiro atoms. The number of rotatable bonds is 5. The molecule has 1 fully saturated rings. The maximum atomic E-state index is 12.3. The molecule has 1 aliphatic rings. The van der Waals surface area contributed by atoms with E-state index in [4.69, 9.17) is 4.74 Å². The molecule has 6 nitrogen and oxygen atoms in total. The zero-order valence-electron chi connectivity index (χ0n) is 12.0. The van der Waals surface area contributed by atoms with Crippen LogP contribution >= 0.6 is 0 Å². The molecule has 6 heteroatoms. The predicted octanol–water partition coefficient (Wildman–Crippen LogP) is 1.26. The maximum Gasteiger partial charge on any atom is 0.326 e. The molecule has 2 atom stereocenters. The maximum absolute atomic E-state index is 12.3. The van der Waals surface area contributed by atoms with Gasteiger partial charge in [-0.15, -0.1) is 0 Å². The summed E-state index contributed by atoms with van der Waals surface area (Å²) in [5, 5.41) is 9.29. The van der Waals surface area contributed by atoms with Gasteiger partial charge in [-0.3, -0.25) is 0 Å². The first-order valence-electron chi connectivity index (χ1n) is 6.81. The van der Waals surface area contributed by atoms with Gasteiger partial charge in [0.15, 0.2) is 0 Å². The van der Waals surface area contributed by atoms with Crippen LogP contribution in [0.5, 0.6) is 0 Å². The lowest BCUT2D eigenvalue weighted by Gasteiger charge is -2.39. The van der Waals surface area contributed by atoms with Crippen molar-refractivity contribution in [3.8, 4) is 0 Å². The molecule has 1 heterocycles. The van der Waals surface area contributed by atoms with Crippen LogP contribution in [-0.2, 0) is 9.53 Å². The van der Waals surface area contributed by atoms with Crippen LogP contribution in [0.2, 0.25) is 0 Å². The van der Waals surface area contributed by atoms with E-state index in [0.29, 0.717) is 26.3 Å². The number of hydrogen-bond donors (Lipinski definition) is 1. The minimum atomic E-state index is -0.918. The zero-order chi connectivity index (χ0) is 14.4. The predicted molar refractivity (Wildman–Crippen MR) is 71.0 cm³/mol. The Balaban J connectivity index is 2.64. The Labute approximate surface area is 114 Å². The fourth-order valence-corrected chi connectivity index (χ4v) is 2.44. The smallest absolute Gasteiger partial charge is 0.326 e. The second kappa shape index (κ2) is 7.33. The number of likely N-dealkylation sites (N-methyl/N-ethyl adjacent to an activating group) is 1. The number of likely N-dealkylation sites (tertiary alicyclic amines) is 1. The summed E-state index contributed by atoms with van der Waals surface area (Å²) in [5.74, 6) is -0.922. The van der Waals surface area contributed by atoms with Gasteiger partial charge in [0.25, 0.3) is 0 Å². The SMILES string of the molecule is CCOCCN(C)C(=O)N1CCCC(C)C1C(=O)O. The van der Waals surface area contributed by atoms with Gasteiger partial charge in [0, 0.05) is 26.7 Å². The molecular formula is C13H24N2O4. The number of piperidine rings is 1. The molecule has 19 heavy (non-hydrogen) atoms. The third kappa shape index (κ3) is 4.09. The number of carbonyl (C=O) groups is 2. The van der Waals surface area contributed by atoms with Crippen molar-refractivity contribution in [2.75, 3.05) is 33.4 Å². The van der Waals surface area contributed by atoms with Gasteiger partial charge in [-0.2, -0.15) is 0 Å².